The molecule has 0 saturated carbocycles. The van der Waals surface area contributed by atoms with Crippen molar-refractivity contribution in [3.05, 3.63) is 28.7 Å². The van der Waals surface area contributed by atoms with Gasteiger partial charge in [-0.1, -0.05) is 15.9 Å². The summed E-state index contributed by atoms with van der Waals surface area (Å²) < 4.78 is 0.944. The van der Waals surface area contributed by atoms with Gasteiger partial charge in [0.15, 0.2) is 0 Å². The molecule has 0 aliphatic carbocycles. The van der Waals surface area contributed by atoms with E-state index in [-0.39, 0.29) is 18.2 Å². The molecule has 0 aliphatic rings. The summed E-state index contributed by atoms with van der Waals surface area (Å²) in [6.07, 6.45) is -0.113. The number of carbonyl (C=O) groups is 2. The molecule has 1 rings (SSSR count). The first-order chi connectivity index (χ1) is 8.56. The molecule has 1 aromatic carbocycles. The van der Waals surface area contributed by atoms with Gasteiger partial charge in [0.2, 0.25) is 11.8 Å². The summed E-state index contributed by atoms with van der Waals surface area (Å²) in [6.45, 7) is 5.05. The minimum absolute atomic E-state index is 0.113. The first kappa shape index (κ1) is 14.7. The summed E-state index contributed by atoms with van der Waals surface area (Å²) in [4.78, 5) is 25.0. The van der Waals surface area contributed by atoms with Gasteiger partial charge in [0, 0.05) is 23.2 Å². The predicted molar refractivity (Wildman–Crippen MR) is 75.3 cm³/mol. The van der Waals surface area contributed by atoms with E-state index in [4.69, 9.17) is 0 Å². The monoisotopic (exact) mass is 312 g/mol. The Hall–Kier alpha value is -1.36. The van der Waals surface area contributed by atoms with Crippen molar-refractivity contribution < 1.29 is 9.59 Å². The molecule has 0 unspecified atom stereocenters. The Labute approximate surface area is 115 Å². The topological polar surface area (TPSA) is 49.4 Å². The molecule has 5 heteroatoms. The fourth-order valence-electron chi connectivity index (χ4n) is 1.56. The third-order valence-corrected chi connectivity index (χ3v) is 3.08. The van der Waals surface area contributed by atoms with Gasteiger partial charge in [-0.05, 0) is 38.1 Å². The largest absolute Gasteiger partial charge is 0.343 e. The van der Waals surface area contributed by atoms with Crippen molar-refractivity contribution in [2.24, 2.45) is 0 Å². The maximum atomic E-state index is 11.7. The molecule has 1 N–H and O–H groups in total. The molecular weight excluding hydrogens is 296 g/mol. The maximum absolute atomic E-state index is 11.7. The standard InChI is InChI=1S/C13H17BrN2O2/c1-3-16(4-2)13(18)9-12(17)15-11-7-5-10(14)6-8-11/h5-8H,3-4,9H2,1-2H3,(H,15,17). The number of anilines is 1. The zero-order chi connectivity index (χ0) is 13.5. The fraction of sp³-hybridized carbons (Fsp3) is 0.385. The van der Waals surface area contributed by atoms with E-state index >= 15 is 0 Å². The minimum atomic E-state index is -0.283. The zero-order valence-corrected chi connectivity index (χ0v) is 12.2. The van der Waals surface area contributed by atoms with Crippen LogP contribution in [0.1, 0.15) is 20.3 Å². The van der Waals surface area contributed by atoms with E-state index in [1.54, 1.807) is 17.0 Å². The Kier molecular flexibility index (Phi) is 5.85. The Bertz CT molecular complexity index is 414. The van der Waals surface area contributed by atoms with Crippen LogP contribution in [0.4, 0.5) is 5.69 Å². The normalized spacial score (nSPS) is 9.94. The quantitative estimate of drug-likeness (QED) is 0.850. The molecule has 0 radical (unpaired) electrons. The zero-order valence-electron chi connectivity index (χ0n) is 10.6. The molecule has 0 aliphatic heterocycles. The second-order valence-electron chi connectivity index (χ2n) is 3.80. The second-order valence-corrected chi connectivity index (χ2v) is 4.71. The van der Waals surface area contributed by atoms with E-state index in [2.05, 4.69) is 21.2 Å². The summed E-state index contributed by atoms with van der Waals surface area (Å²) in [5, 5.41) is 2.70. The van der Waals surface area contributed by atoms with Gasteiger partial charge >= 0.3 is 0 Å². The lowest BCUT2D eigenvalue weighted by Crippen LogP contribution is -2.33. The predicted octanol–water partition coefficient (Wildman–Crippen LogP) is 2.65. The molecular formula is C13H17BrN2O2. The van der Waals surface area contributed by atoms with E-state index in [9.17, 15) is 9.59 Å². The maximum Gasteiger partial charge on any atom is 0.233 e. The number of rotatable bonds is 5. The van der Waals surface area contributed by atoms with Crippen LogP contribution in [0.3, 0.4) is 0 Å². The van der Waals surface area contributed by atoms with Gasteiger partial charge in [0.25, 0.3) is 0 Å². The van der Waals surface area contributed by atoms with Crippen LogP contribution in [-0.4, -0.2) is 29.8 Å². The van der Waals surface area contributed by atoms with Crippen LogP contribution >= 0.6 is 15.9 Å². The molecule has 0 atom stereocenters. The summed E-state index contributed by atoms with van der Waals surface area (Å²) in [6, 6.07) is 7.23. The molecule has 98 valence electrons. The lowest BCUT2D eigenvalue weighted by atomic mass is 10.3. The van der Waals surface area contributed by atoms with Crippen molar-refractivity contribution in [1.29, 1.82) is 0 Å². The number of nitrogens with zero attached hydrogens (tertiary/aromatic N) is 1. The van der Waals surface area contributed by atoms with Crippen LogP contribution in [0.5, 0.6) is 0 Å². The molecule has 0 spiro atoms. The number of hydrogen-bond acceptors (Lipinski definition) is 2. The highest BCUT2D eigenvalue weighted by atomic mass is 79.9. The summed E-state index contributed by atoms with van der Waals surface area (Å²) in [5.41, 5.74) is 0.690. The van der Waals surface area contributed by atoms with Gasteiger partial charge < -0.3 is 10.2 Å². The molecule has 0 aromatic heterocycles. The van der Waals surface area contributed by atoms with Crippen molar-refractivity contribution in [3.8, 4) is 0 Å². The van der Waals surface area contributed by atoms with Crippen molar-refractivity contribution >= 4 is 33.4 Å². The van der Waals surface area contributed by atoms with E-state index < -0.39 is 0 Å². The van der Waals surface area contributed by atoms with Gasteiger partial charge in [-0.15, -0.1) is 0 Å². The highest BCUT2D eigenvalue weighted by molar-refractivity contribution is 9.10. The molecule has 0 fully saturated rings. The van der Waals surface area contributed by atoms with Gasteiger partial charge in [-0.2, -0.15) is 0 Å². The van der Waals surface area contributed by atoms with Crippen molar-refractivity contribution in [2.75, 3.05) is 18.4 Å². The molecule has 1 aromatic rings. The highest BCUT2D eigenvalue weighted by Crippen LogP contribution is 2.14. The van der Waals surface area contributed by atoms with Crippen LogP contribution in [0.25, 0.3) is 0 Å². The molecule has 0 bridgehead atoms. The number of halogens is 1. The van der Waals surface area contributed by atoms with Crippen molar-refractivity contribution in [3.63, 3.8) is 0 Å². The van der Waals surface area contributed by atoms with E-state index in [1.807, 2.05) is 26.0 Å². The third-order valence-electron chi connectivity index (χ3n) is 2.56. The number of amides is 2. The highest BCUT2D eigenvalue weighted by Gasteiger charge is 2.14. The van der Waals surface area contributed by atoms with Crippen LogP contribution in [0.2, 0.25) is 0 Å². The molecule has 4 nitrogen and oxygen atoms in total. The average molecular weight is 313 g/mol. The average Bonchev–Trinajstić information content (AvgIpc) is 2.33. The van der Waals surface area contributed by atoms with Crippen LogP contribution in [0, 0.1) is 0 Å². The van der Waals surface area contributed by atoms with E-state index in [0.29, 0.717) is 18.8 Å². The lowest BCUT2D eigenvalue weighted by Gasteiger charge is -2.18. The number of carbonyl (C=O) groups excluding carboxylic acids is 2. The van der Waals surface area contributed by atoms with E-state index in [1.165, 1.54) is 0 Å². The molecule has 18 heavy (non-hydrogen) atoms. The van der Waals surface area contributed by atoms with Gasteiger partial charge in [0.1, 0.15) is 6.42 Å². The van der Waals surface area contributed by atoms with Crippen molar-refractivity contribution in [2.45, 2.75) is 20.3 Å². The molecule has 2 amide bonds. The first-order valence-corrected chi connectivity index (χ1v) is 6.69. The Morgan fingerprint density at radius 3 is 2.22 bits per heavy atom. The van der Waals surface area contributed by atoms with Gasteiger partial charge in [0.05, 0.1) is 0 Å². The second kappa shape index (κ2) is 7.16. The summed E-state index contributed by atoms with van der Waals surface area (Å²) in [7, 11) is 0. The number of benzene rings is 1. The fourth-order valence-corrected chi connectivity index (χ4v) is 1.83. The molecule has 0 saturated heterocycles. The van der Waals surface area contributed by atoms with Gasteiger partial charge in [-0.25, -0.2) is 0 Å². The molecule has 0 heterocycles. The third kappa shape index (κ3) is 4.49. The summed E-state index contributed by atoms with van der Waals surface area (Å²) >= 11 is 3.32. The van der Waals surface area contributed by atoms with E-state index in [0.717, 1.165) is 4.47 Å². The SMILES string of the molecule is CCN(CC)C(=O)CC(=O)Nc1ccc(Br)cc1. The first-order valence-electron chi connectivity index (χ1n) is 5.90. The lowest BCUT2D eigenvalue weighted by molar-refractivity contribution is -0.134. The number of nitrogens with one attached hydrogen (secondary N) is 1. The van der Waals surface area contributed by atoms with Crippen LogP contribution < -0.4 is 5.32 Å². The van der Waals surface area contributed by atoms with Crippen LogP contribution in [0.15, 0.2) is 28.7 Å². The Balaban J connectivity index is 2.51. The van der Waals surface area contributed by atoms with Crippen molar-refractivity contribution in [1.82, 2.24) is 4.90 Å². The minimum Gasteiger partial charge on any atom is -0.343 e. The number of hydrogen-bond donors (Lipinski definition) is 1. The Morgan fingerprint density at radius 1 is 1.17 bits per heavy atom. The van der Waals surface area contributed by atoms with Crippen LogP contribution in [-0.2, 0) is 9.59 Å². The Morgan fingerprint density at radius 2 is 1.72 bits per heavy atom. The summed E-state index contributed by atoms with van der Waals surface area (Å²) in [5.74, 6) is -0.427. The van der Waals surface area contributed by atoms with Gasteiger partial charge in [-0.3, -0.25) is 9.59 Å². The smallest absolute Gasteiger partial charge is 0.233 e.